The van der Waals surface area contributed by atoms with E-state index in [0.29, 0.717) is 12.2 Å². The average molecular weight is 198 g/mol. The second-order valence-electron chi connectivity index (χ2n) is 3.79. The maximum atomic E-state index is 11.3. The van der Waals surface area contributed by atoms with Gasteiger partial charge in [0, 0.05) is 11.8 Å². The van der Waals surface area contributed by atoms with Crippen molar-refractivity contribution in [2.75, 3.05) is 13.2 Å². The minimum Gasteiger partial charge on any atom is -0.497 e. The molecular weight excluding hydrogens is 184 g/mol. The van der Waals surface area contributed by atoms with Gasteiger partial charge in [0.25, 0.3) is 0 Å². The third-order valence-electron chi connectivity index (χ3n) is 3.04. The molecule has 1 saturated heterocycles. The van der Waals surface area contributed by atoms with Gasteiger partial charge in [0.2, 0.25) is 0 Å². The minimum absolute atomic E-state index is 0.0165. The Hall–Kier alpha value is -1.03. The van der Waals surface area contributed by atoms with Crippen molar-refractivity contribution in [3.63, 3.8) is 0 Å². The first-order valence-corrected chi connectivity index (χ1v) is 4.87. The monoisotopic (exact) mass is 198 g/mol. The summed E-state index contributed by atoms with van der Waals surface area (Å²) >= 11 is 0. The van der Waals surface area contributed by atoms with E-state index in [4.69, 9.17) is 9.47 Å². The molecule has 2 rings (SSSR count). The average Bonchev–Trinajstić information content (AvgIpc) is 2.18. The quantitative estimate of drug-likeness (QED) is 0.622. The van der Waals surface area contributed by atoms with Gasteiger partial charge in [-0.15, -0.1) is 0 Å². The van der Waals surface area contributed by atoms with Crippen molar-refractivity contribution in [3.05, 3.63) is 11.8 Å². The fraction of sp³-hybridized carbons (Fsp3) is 0.700. The number of carbonyl (C=O) groups is 1. The molecule has 0 spiro atoms. The predicted octanol–water partition coefficient (Wildman–Crippen LogP) is 0.461. The van der Waals surface area contributed by atoms with Gasteiger partial charge >= 0.3 is 5.97 Å². The number of aliphatic hydroxyl groups is 1. The number of hydrogen-bond donors (Lipinski definition) is 1. The van der Waals surface area contributed by atoms with E-state index in [9.17, 15) is 9.90 Å². The zero-order valence-electron chi connectivity index (χ0n) is 8.10. The highest BCUT2D eigenvalue weighted by molar-refractivity contribution is 5.89. The number of fused-ring (bicyclic) bond motifs is 1. The van der Waals surface area contributed by atoms with Gasteiger partial charge in [0.1, 0.15) is 6.10 Å². The summed E-state index contributed by atoms with van der Waals surface area (Å²) in [6.07, 6.45) is 2.25. The van der Waals surface area contributed by atoms with Gasteiger partial charge in [-0.2, -0.15) is 0 Å². The second kappa shape index (κ2) is 3.61. The van der Waals surface area contributed by atoms with Crippen molar-refractivity contribution in [3.8, 4) is 0 Å². The van der Waals surface area contributed by atoms with Crippen LogP contribution in [0.3, 0.4) is 0 Å². The van der Waals surface area contributed by atoms with Crippen LogP contribution in [-0.4, -0.2) is 30.4 Å². The molecular formula is C10H14O4. The molecule has 78 valence electrons. The second-order valence-corrected chi connectivity index (χ2v) is 3.79. The molecule has 0 aliphatic carbocycles. The number of carbonyl (C=O) groups excluding carboxylic acids is 1. The zero-order valence-corrected chi connectivity index (χ0v) is 8.10. The summed E-state index contributed by atoms with van der Waals surface area (Å²) in [5.74, 6) is -0.181. The van der Waals surface area contributed by atoms with Gasteiger partial charge in [0.15, 0.2) is 0 Å². The van der Waals surface area contributed by atoms with E-state index in [0.717, 1.165) is 6.42 Å². The molecule has 2 aliphatic heterocycles. The lowest BCUT2D eigenvalue weighted by molar-refractivity contribution is -0.145. The van der Waals surface area contributed by atoms with Crippen molar-refractivity contribution < 1.29 is 19.4 Å². The van der Waals surface area contributed by atoms with Gasteiger partial charge < -0.3 is 14.6 Å². The fourth-order valence-corrected chi connectivity index (χ4v) is 2.13. The smallest absolute Gasteiger partial charge is 0.337 e. The van der Waals surface area contributed by atoms with E-state index in [-0.39, 0.29) is 30.5 Å². The molecule has 0 aromatic carbocycles. The molecule has 0 radical (unpaired) electrons. The largest absolute Gasteiger partial charge is 0.497 e. The molecule has 1 N–H and O–H groups in total. The maximum absolute atomic E-state index is 11.3. The zero-order chi connectivity index (χ0) is 10.1. The van der Waals surface area contributed by atoms with Crippen LogP contribution in [0.5, 0.6) is 0 Å². The highest BCUT2D eigenvalue weighted by Gasteiger charge is 2.39. The molecule has 0 unspecified atom stereocenters. The molecule has 0 saturated carbocycles. The molecule has 1 fully saturated rings. The molecule has 0 bridgehead atoms. The molecule has 2 aliphatic rings. The first-order valence-electron chi connectivity index (χ1n) is 4.87. The SMILES string of the molecule is C[C@@H]1OC=C2C(=O)OCC[C@H]2[C@@H]1CO. The van der Waals surface area contributed by atoms with Gasteiger partial charge in [-0.1, -0.05) is 0 Å². The Labute approximate surface area is 82.5 Å². The summed E-state index contributed by atoms with van der Waals surface area (Å²) in [6, 6.07) is 0. The van der Waals surface area contributed by atoms with Crippen LogP contribution in [0.15, 0.2) is 11.8 Å². The Morgan fingerprint density at radius 3 is 3.14 bits per heavy atom. The van der Waals surface area contributed by atoms with Crippen molar-refractivity contribution in [1.82, 2.24) is 0 Å². The molecule has 0 amide bonds. The number of cyclic esters (lactones) is 1. The highest BCUT2D eigenvalue weighted by Crippen LogP contribution is 2.35. The lowest BCUT2D eigenvalue weighted by atomic mass is 9.79. The summed E-state index contributed by atoms with van der Waals surface area (Å²) in [5.41, 5.74) is 0.577. The van der Waals surface area contributed by atoms with Crippen LogP contribution >= 0.6 is 0 Å². The van der Waals surface area contributed by atoms with E-state index in [1.54, 1.807) is 0 Å². The molecule has 0 aromatic rings. The van der Waals surface area contributed by atoms with Crippen LogP contribution in [0, 0.1) is 11.8 Å². The van der Waals surface area contributed by atoms with Crippen molar-refractivity contribution in [2.24, 2.45) is 11.8 Å². The van der Waals surface area contributed by atoms with E-state index >= 15 is 0 Å². The lowest BCUT2D eigenvalue weighted by Gasteiger charge is -2.37. The summed E-state index contributed by atoms with van der Waals surface area (Å²) in [6.45, 7) is 2.41. The molecule has 14 heavy (non-hydrogen) atoms. The number of esters is 1. The Kier molecular flexibility index (Phi) is 2.46. The molecule has 3 atom stereocenters. The fourth-order valence-electron chi connectivity index (χ4n) is 2.13. The molecule has 4 heteroatoms. The summed E-state index contributed by atoms with van der Waals surface area (Å²) in [7, 11) is 0. The van der Waals surface area contributed by atoms with Crippen LogP contribution in [0.1, 0.15) is 13.3 Å². The van der Waals surface area contributed by atoms with Crippen LogP contribution in [0.25, 0.3) is 0 Å². The maximum Gasteiger partial charge on any atom is 0.337 e. The van der Waals surface area contributed by atoms with Gasteiger partial charge in [-0.3, -0.25) is 0 Å². The normalized spacial score (nSPS) is 36.6. The first kappa shape index (κ1) is 9.52. The van der Waals surface area contributed by atoms with E-state index in [2.05, 4.69) is 0 Å². The van der Waals surface area contributed by atoms with Gasteiger partial charge in [-0.05, 0) is 13.3 Å². The summed E-state index contributed by atoms with van der Waals surface area (Å²) in [4.78, 5) is 11.3. The van der Waals surface area contributed by atoms with Crippen molar-refractivity contribution in [1.29, 1.82) is 0 Å². The van der Waals surface area contributed by atoms with Gasteiger partial charge in [-0.25, -0.2) is 4.79 Å². The summed E-state index contributed by atoms with van der Waals surface area (Å²) in [5, 5.41) is 9.23. The van der Waals surface area contributed by atoms with Crippen LogP contribution in [0.4, 0.5) is 0 Å². The Morgan fingerprint density at radius 1 is 1.64 bits per heavy atom. The third-order valence-corrected chi connectivity index (χ3v) is 3.04. The third kappa shape index (κ3) is 1.39. The lowest BCUT2D eigenvalue weighted by Crippen LogP contribution is -2.40. The molecule has 4 nitrogen and oxygen atoms in total. The minimum atomic E-state index is -0.299. The van der Waals surface area contributed by atoms with Crippen molar-refractivity contribution >= 4 is 5.97 Å². The molecule has 0 aromatic heterocycles. The van der Waals surface area contributed by atoms with Crippen LogP contribution in [0.2, 0.25) is 0 Å². The number of ether oxygens (including phenoxy) is 2. The van der Waals surface area contributed by atoms with Gasteiger partial charge in [0.05, 0.1) is 25.0 Å². The van der Waals surface area contributed by atoms with E-state index < -0.39 is 0 Å². The standard InChI is InChI=1S/C10H14O4/c1-6-8(4-11)7-2-3-13-10(12)9(7)5-14-6/h5-8,11H,2-4H2,1H3/t6-,7-,8+/m0/s1. The van der Waals surface area contributed by atoms with E-state index in [1.807, 2.05) is 6.92 Å². The number of rotatable bonds is 1. The molecule has 2 heterocycles. The summed E-state index contributed by atoms with van der Waals surface area (Å²) < 4.78 is 10.2. The van der Waals surface area contributed by atoms with Crippen LogP contribution < -0.4 is 0 Å². The first-order chi connectivity index (χ1) is 6.74. The highest BCUT2D eigenvalue weighted by atomic mass is 16.5. The Bertz CT molecular complexity index is 271. The predicted molar refractivity (Wildman–Crippen MR) is 48.3 cm³/mol. The topological polar surface area (TPSA) is 55.8 Å². The van der Waals surface area contributed by atoms with Crippen LogP contribution in [-0.2, 0) is 14.3 Å². The number of hydrogen-bond acceptors (Lipinski definition) is 4. The van der Waals surface area contributed by atoms with E-state index in [1.165, 1.54) is 6.26 Å². The Balaban J connectivity index is 2.25. The van der Waals surface area contributed by atoms with Crippen molar-refractivity contribution in [2.45, 2.75) is 19.4 Å². The number of aliphatic hydroxyl groups excluding tert-OH is 1. The Morgan fingerprint density at radius 2 is 2.43 bits per heavy atom.